The van der Waals surface area contributed by atoms with Crippen molar-refractivity contribution < 1.29 is 4.79 Å². The van der Waals surface area contributed by atoms with Gasteiger partial charge in [-0.15, -0.1) is 18.8 Å². The Morgan fingerprint density at radius 3 is 2.67 bits per heavy atom. The molecule has 4 aromatic rings. The van der Waals surface area contributed by atoms with Crippen molar-refractivity contribution in [2.24, 2.45) is 0 Å². The summed E-state index contributed by atoms with van der Waals surface area (Å²) in [6, 6.07) is 16.6. The van der Waals surface area contributed by atoms with Crippen molar-refractivity contribution in [3.8, 4) is 35.8 Å². The van der Waals surface area contributed by atoms with Crippen LogP contribution in [0.25, 0.3) is 32.9 Å². The van der Waals surface area contributed by atoms with Crippen LogP contribution in [-0.2, 0) is 13.1 Å². The van der Waals surface area contributed by atoms with E-state index in [0.717, 1.165) is 49.6 Å². The standard InChI is InChI=1S/C27H18N2O/c1-3-9-17-16-10-5-6-11-18(16)23-24(17)26-22(20-15-28-27(30)25(20)23)19-12-7-8-13-21(19)29(26)14-4-2/h1-2,5-8,10-13,17H,9,14-15H2,(H,28,30). The maximum Gasteiger partial charge on any atom is 0.252 e. The van der Waals surface area contributed by atoms with E-state index in [4.69, 9.17) is 12.8 Å². The van der Waals surface area contributed by atoms with Gasteiger partial charge in [-0.25, -0.2) is 0 Å². The van der Waals surface area contributed by atoms with E-state index in [0.29, 0.717) is 19.5 Å². The average Bonchev–Trinajstić information content (AvgIpc) is 3.40. The molecule has 1 aromatic heterocycles. The number of para-hydroxylation sites is 1. The molecule has 0 radical (unpaired) electrons. The Balaban J connectivity index is 1.91. The van der Waals surface area contributed by atoms with E-state index >= 15 is 0 Å². The topological polar surface area (TPSA) is 34.0 Å². The Hall–Kier alpha value is -3.95. The van der Waals surface area contributed by atoms with Crippen molar-refractivity contribution in [2.45, 2.75) is 25.4 Å². The number of fused-ring (bicyclic) bond motifs is 10. The maximum absolute atomic E-state index is 13.0. The van der Waals surface area contributed by atoms with E-state index in [-0.39, 0.29) is 11.8 Å². The lowest BCUT2D eigenvalue weighted by Gasteiger charge is -2.16. The molecule has 3 heteroatoms. The molecular weight excluding hydrogens is 368 g/mol. The third-order valence-corrected chi connectivity index (χ3v) is 6.53. The molecule has 1 unspecified atom stereocenters. The minimum Gasteiger partial charge on any atom is -0.348 e. The summed E-state index contributed by atoms with van der Waals surface area (Å²) in [5.74, 6) is 5.74. The molecule has 0 bridgehead atoms. The summed E-state index contributed by atoms with van der Waals surface area (Å²) in [6.07, 6.45) is 12.2. The second-order valence-corrected chi connectivity index (χ2v) is 7.90. The predicted octanol–water partition coefficient (Wildman–Crippen LogP) is 4.81. The first-order chi connectivity index (χ1) is 14.8. The summed E-state index contributed by atoms with van der Waals surface area (Å²) in [5.41, 5.74) is 8.56. The second kappa shape index (κ2) is 6.02. The lowest BCUT2D eigenvalue weighted by Crippen LogP contribution is -2.13. The fourth-order valence-electron chi connectivity index (χ4n) is 5.49. The second-order valence-electron chi connectivity index (χ2n) is 7.90. The largest absolute Gasteiger partial charge is 0.348 e. The average molecular weight is 386 g/mol. The SMILES string of the molecule is C#CCC1c2ccccc2-c2c3c(c4c5ccccc5n(CC#C)c4c21)CNC3=O. The van der Waals surface area contributed by atoms with Crippen LogP contribution in [0.4, 0.5) is 0 Å². The van der Waals surface area contributed by atoms with Crippen molar-refractivity contribution in [3.63, 3.8) is 0 Å². The lowest BCUT2D eigenvalue weighted by molar-refractivity contribution is 0.0966. The number of nitrogens with zero attached hydrogens (tertiary/aromatic N) is 1. The number of terminal acetylenes is 2. The summed E-state index contributed by atoms with van der Waals surface area (Å²) in [4.78, 5) is 13.0. The molecule has 0 spiro atoms. The quantitative estimate of drug-likeness (QED) is 0.493. The van der Waals surface area contributed by atoms with Crippen LogP contribution >= 0.6 is 0 Å². The fraction of sp³-hybridized carbons (Fsp3) is 0.148. The van der Waals surface area contributed by atoms with Crippen molar-refractivity contribution in [3.05, 3.63) is 70.8 Å². The molecule has 1 amide bonds. The van der Waals surface area contributed by atoms with E-state index in [1.165, 1.54) is 5.56 Å². The molecule has 1 aliphatic heterocycles. The van der Waals surface area contributed by atoms with E-state index in [1.54, 1.807) is 0 Å². The van der Waals surface area contributed by atoms with Crippen LogP contribution < -0.4 is 5.32 Å². The fourth-order valence-corrected chi connectivity index (χ4v) is 5.49. The molecular formula is C27H18N2O. The van der Waals surface area contributed by atoms with Gasteiger partial charge in [0.05, 0.1) is 17.6 Å². The zero-order chi connectivity index (χ0) is 20.4. The number of carbonyl (C=O) groups is 1. The number of hydrogen-bond donors (Lipinski definition) is 1. The van der Waals surface area contributed by atoms with Crippen LogP contribution in [0, 0.1) is 24.7 Å². The van der Waals surface area contributed by atoms with E-state index in [2.05, 4.69) is 46.0 Å². The summed E-state index contributed by atoms with van der Waals surface area (Å²) in [5, 5.41) is 5.32. The molecule has 0 saturated carbocycles. The smallest absolute Gasteiger partial charge is 0.252 e. The summed E-state index contributed by atoms with van der Waals surface area (Å²) in [6.45, 7) is 1.000. The molecule has 30 heavy (non-hydrogen) atoms. The Bertz CT molecular complexity index is 1490. The molecule has 3 nitrogen and oxygen atoms in total. The third-order valence-electron chi connectivity index (χ3n) is 6.53. The third kappa shape index (κ3) is 1.95. The van der Waals surface area contributed by atoms with Gasteiger partial charge < -0.3 is 9.88 Å². The number of nitrogens with one attached hydrogen (secondary N) is 1. The van der Waals surface area contributed by atoms with Gasteiger partial charge in [0, 0.05) is 40.7 Å². The van der Waals surface area contributed by atoms with Gasteiger partial charge in [-0.3, -0.25) is 4.79 Å². The van der Waals surface area contributed by atoms with Gasteiger partial charge in [0.2, 0.25) is 0 Å². The van der Waals surface area contributed by atoms with E-state index < -0.39 is 0 Å². The molecule has 0 saturated heterocycles. The van der Waals surface area contributed by atoms with Crippen molar-refractivity contribution in [1.29, 1.82) is 0 Å². The number of amides is 1. The first-order valence-corrected chi connectivity index (χ1v) is 10.1. The zero-order valence-corrected chi connectivity index (χ0v) is 16.3. The molecule has 3 aromatic carbocycles. The number of hydrogen-bond acceptors (Lipinski definition) is 1. The van der Waals surface area contributed by atoms with Crippen LogP contribution in [0.1, 0.15) is 39.4 Å². The first-order valence-electron chi connectivity index (χ1n) is 10.1. The molecule has 6 rings (SSSR count). The Morgan fingerprint density at radius 2 is 1.83 bits per heavy atom. The highest BCUT2D eigenvalue weighted by Gasteiger charge is 2.39. The van der Waals surface area contributed by atoms with Crippen molar-refractivity contribution in [2.75, 3.05) is 0 Å². The van der Waals surface area contributed by atoms with Crippen LogP contribution in [-0.4, -0.2) is 10.5 Å². The van der Waals surface area contributed by atoms with Crippen molar-refractivity contribution >= 4 is 27.7 Å². The summed E-state index contributed by atoms with van der Waals surface area (Å²) in [7, 11) is 0. The molecule has 142 valence electrons. The minimum atomic E-state index is -0.00640. The van der Waals surface area contributed by atoms with Gasteiger partial charge in [-0.2, -0.15) is 0 Å². The Labute approximate surface area is 174 Å². The molecule has 2 heterocycles. The highest BCUT2D eigenvalue weighted by molar-refractivity contribution is 6.20. The molecule has 0 fully saturated rings. The molecule has 2 aliphatic rings. The highest BCUT2D eigenvalue weighted by atomic mass is 16.1. The minimum absolute atomic E-state index is 0.00640. The van der Waals surface area contributed by atoms with Gasteiger partial charge in [-0.1, -0.05) is 48.4 Å². The Morgan fingerprint density at radius 1 is 1.03 bits per heavy atom. The molecule has 1 N–H and O–H groups in total. The van der Waals surface area contributed by atoms with E-state index in [1.807, 2.05) is 24.3 Å². The molecule has 1 atom stereocenters. The van der Waals surface area contributed by atoms with E-state index in [9.17, 15) is 4.79 Å². The maximum atomic E-state index is 13.0. The van der Waals surface area contributed by atoms with Crippen LogP contribution in [0.3, 0.4) is 0 Å². The van der Waals surface area contributed by atoms with Crippen LogP contribution in [0.2, 0.25) is 0 Å². The normalized spacial score (nSPS) is 16.1. The van der Waals surface area contributed by atoms with Gasteiger partial charge in [0.25, 0.3) is 5.91 Å². The lowest BCUT2D eigenvalue weighted by atomic mass is 9.88. The van der Waals surface area contributed by atoms with Crippen LogP contribution in [0.15, 0.2) is 48.5 Å². The number of carbonyl (C=O) groups excluding carboxylic acids is 1. The van der Waals surface area contributed by atoms with Gasteiger partial charge in [0.1, 0.15) is 0 Å². The first kappa shape index (κ1) is 17.0. The zero-order valence-electron chi connectivity index (χ0n) is 16.3. The van der Waals surface area contributed by atoms with Crippen LogP contribution in [0.5, 0.6) is 0 Å². The highest BCUT2D eigenvalue weighted by Crippen LogP contribution is 2.54. The summed E-state index contributed by atoms with van der Waals surface area (Å²) < 4.78 is 2.22. The number of benzene rings is 3. The number of aromatic nitrogens is 1. The van der Waals surface area contributed by atoms with Crippen molar-refractivity contribution in [1.82, 2.24) is 9.88 Å². The predicted molar refractivity (Wildman–Crippen MR) is 120 cm³/mol. The number of rotatable bonds is 2. The Kier molecular flexibility index (Phi) is 3.40. The monoisotopic (exact) mass is 386 g/mol. The van der Waals surface area contributed by atoms with Gasteiger partial charge in [-0.05, 0) is 28.3 Å². The van der Waals surface area contributed by atoms with Gasteiger partial charge >= 0.3 is 0 Å². The molecule has 1 aliphatic carbocycles. The van der Waals surface area contributed by atoms with Gasteiger partial charge in [0.15, 0.2) is 0 Å². The summed E-state index contributed by atoms with van der Waals surface area (Å²) >= 11 is 0.